The normalized spacial score (nSPS) is 19.0. The number of phenols is 1. The largest absolute Gasteiger partial charge is 0.508 e. The van der Waals surface area contributed by atoms with E-state index < -0.39 is 19.5 Å². The summed E-state index contributed by atoms with van der Waals surface area (Å²) in [5.41, 5.74) is -0.176. The van der Waals surface area contributed by atoms with Crippen molar-refractivity contribution in [2.75, 3.05) is 0 Å². The fourth-order valence-electron chi connectivity index (χ4n) is 2.43. The third kappa shape index (κ3) is 4.11. The number of allylic oxidation sites excluding steroid dienone is 2. The Hall–Kier alpha value is -1.96. The van der Waals surface area contributed by atoms with Crippen molar-refractivity contribution in [2.45, 2.75) is 25.0 Å². The predicted molar refractivity (Wildman–Crippen MR) is 86.6 cm³/mol. The number of aromatic hydroxyl groups is 1. The number of aliphatic hydroxyl groups is 3. The predicted octanol–water partition coefficient (Wildman–Crippen LogP) is 1.48. The molecule has 0 saturated carbocycles. The first-order valence-electron chi connectivity index (χ1n) is 7.00. The minimum Gasteiger partial charge on any atom is -0.508 e. The van der Waals surface area contributed by atoms with Crippen LogP contribution in [0.15, 0.2) is 52.5 Å². The van der Waals surface area contributed by atoms with Gasteiger partial charge in [-0.05, 0) is 29.8 Å². The van der Waals surface area contributed by atoms with Crippen LogP contribution in [0.4, 0.5) is 0 Å². The molecule has 1 aliphatic carbocycles. The summed E-state index contributed by atoms with van der Waals surface area (Å²) in [7, 11) is -4.80. The minimum atomic E-state index is -4.80. The third-order valence-corrected chi connectivity index (χ3v) is 4.23. The number of hydrogen-bond donors (Lipinski definition) is 6. The second kappa shape index (κ2) is 6.51. The van der Waals surface area contributed by atoms with Crippen LogP contribution in [0.3, 0.4) is 0 Å². The first kappa shape index (κ1) is 18.4. The van der Waals surface area contributed by atoms with E-state index in [2.05, 4.69) is 4.76 Å². The van der Waals surface area contributed by atoms with Gasteiger partial charge in [0.2, 0.25) is 0 Å². The van der Waals surface area contributed by atoms with Crippen molar-refractivity contribution in [3.63, 3.8) is 0 Å². The lowest BCUT2D eigenvalue weighted by molar-refractivity contribution is -0.139. The van der Waals surface area contributed by atoms with Crippen LogP contribution in [0.25, 0.3) is 0 Å². The molecule has 0 heterocycles. The monoisotopic (exact) mass is 355 g/mol. The molecule has 2 rings (SSSR count). The van der Waals surface area contributed by atoms with Crippen LogP contribution in [0.2, 0.25) is 0 Å². The van der Waals surface area contributed by atoms with Gasteiger partial charge in [0.1, 0.15) is 11.5 Å². The van der Waals surface area contributed by atoms with E-state index >= 15 is 0 Å². The van der Waals surface area contributed by atoms with Gasteiger partial charge in [-0.15, -0.1) is 0 Å². The number of rotatable bonds is 4. The molecule has 0 fully saturated rings. The summed E-state index contributed by atoms with van der Waals surface area (Å²) >= 11 is 0. The van der Waals surface area contributed by atoms with E-state index in [9.17, 15) is 25.0 Å². The van der Waals surface area contributed by atoms with E-state index in [1.807, 2.05) is 0 Å². The fourth-order valence-corrected chi connectivity index (χ4v) is 2.94. The lowest BCUT2D eigenvalue weighted by Crippen LogP contribution is -2.40. The summed E-state index contributed by atoms with van der Waals surface area (Å²) in [6, 6.07) is 5.84. The maximum absolute atomic E-state index is 11.1. The van der Waals surface area contributed by atoms with E-state index in [1.54, 1.807) is 6.07 Å². The Morgan fingerprint density at radius 2 is 1.92 bits per heavy atom. The van der Waals surface area contributed by atoms with E-state index in [0.29, 0.717) is 5.56 Å². The average Bonchev–Trinajstić information content (AvgIpc) is 2.46. The van der Waals surface area contributed by atoms with Crippen LogP contribution < -0.4 is 0 Å². The highest BCUT2D eigenvalue weighted by Crippen LogP contribution is 2.41. The average molecular weight is 355 g/mol. The van der Waals surface area contributed by atoms with Gasteiger partial charge in [-0.25, -0.2) is 4.57 Å². The lowest BCUT2D eigenvalue weighted by atomic mass is 9.83. The molecule has 1 aliphatic rings. The lowest BCUT2D eigenvalue weighted by Gasteiger charge is -2.33. The molecular weight excluding hydrogens is 337 g/mol. The Morgan fingerprint density at radius 3 is 2.50 bits per heavy atom. The zero-order chi connectivity index (χ0) is 18.1. The molecule has 1 aromatic rings. The molecule has 24 heavy (non-hydrogen) atoms. The number of phenolic OH excluding ortho intramolecular Hbond substituents is 1. The summed E-state index contributed by atoms with van der Waals surface area (Å²) < 4.78 is 14.4. The van der Waals surface area contributed by atoms with Crippen molar-refractivity contribution < 1.29 is 34.8 Å². The summed E-state index contributed by atoms with van der Waals surface area (Å²) in [5, 5.41) is 40.3. The minimum absolute atomic E-state index is 0.0698. The second-order valence-corrected chi connectivity index (χ2v) is 6.72. The Labute approximate surface area is 138 Å². The highest BCUT2D eigenvalue weighted by molar-refractivity contribution is 7.50. The standard InChI is InChI=1S/C15H18NO7P/c1-9(10-3-2-4-11(17)7-10)15(19,20)13-8-12(18)5-6-14(13)16-24(21,22)23/h2-5,7-9,17-20H,6H2,1H3,(H2,21,22,23). The second-order valence-electron chi connectivity index (χ2n) is 5.49. The molecule has 0 amide bonds. The molecule has 0 spiro atoms. The molecule has 130 valence electrons. The molecule has 0 aliphatic heterocycles. The van der Waals surface area contributed by atoms with Crippen molar-refractivity contribution in [1.82, 2.24) is 0 Å². The van der Waals surface area contributed by atoms with E-state index in [0.717, 1.165) is 6.08 Å². The Morgan fingerprint density at radius 1 is 1.25 bits per heavy atom. The quantitative estimate of drug-likeness (QED) is 0.353. The van der Waals surface area contributed by atoms with Gasteiger partial charge in [-0.3, -0.25) is 0 Å². The molecule has 1 unspecified atom stereocenters. The molecule has 0 saturated heterocycles. The van der Waals surface area contributed by atoms with Gasteiger partial charge in [0, 0.05) is 17.9 Å². The van der Waals surface area contributed by atoms with Crippen LogP contribution >= 0.6 is 7.75 Å². The Kier molecular flexibility index (Phi) is 4.98. The number of nitrogens with zero attached hydrogens (tertiary/aromatic N) is 1. The summed E-state index contributed by atoms with van der Waals surface area (Å²) in [6.45, 7) is 1.46. The Balaban J connectivity index is 2.49. The molecule has 9 heteroatoms. The molecule has 0 bridgehead atoms. The topological polar surface area (TPSA) is 151 Å². The van der Waals surface area contributed by atoms with Gasteiger partial charge in [0.15, 0.2) is 5.79 Å². The Bertz CT molecular complexity index is 776. The van der Waals surface area contributed by atoms with Crippen molar-refractivity contribution in [3.8, 4) is 5.75 Å². The fraction of sp³-hybridized carbons (Fsp3) is 0.267. The van der Waals surface area contributed by atoms with Crippen LogP contribution in [0.1, 0.15) is 24.8 Å². The van der Waals surface area contributed by atoms with Gasteiger partial charge in [0.25, 0.3) is 0 Å². The highest BCUT2D eigenvalue weighted by atomic mass is 31.2. The molecule has 0 radical (unpaired) electrons. The number of benzene rings is 1. The van der Waals surface area contributed by atoms with Gasteiger partial charge in [-0.2, -0.15) is 4.76 Å². The third-order valence-electron chi connectivity index (χ3n) is 3.73. The van der Waals surface area contributed by atoms with Crippen molar-refractivity contribution >= 4 is 13.5 Å². The molecule has 1 aromatic carbocycles. The van der Waals surface area contributed by atoms with Gasteiger partial charge in [0.05, 0.1) is 5.71 Å². The maximum Gasteiger partial charge on any atom is 0.448 e. The molecular formula is C15H18NO7P. The van der Waals surface area contributed by atoms with Crippen molar-refractivity contribution in [2.24, 2.45) is 4.76 Å². The highest BCUT2D eigenvalue weighted by Gasteiger charge is 2.40. The van der Waals surface area contributed by atoms with Gasteiger partial charge < -0.3 is 30.2 Å². The summed E-state index contributed by atoms with van der Waals surface area (Å²) in [4.78, 5) is 18.1. The van der Waals surface area contributed by atoms with Crippen molar-refractivity contribution in [3.05, 3.63) is 53.3 Å². The van der Waals surface area contributed by atoms with Crippen LogP contribution in [0, 0.1) is 0 Å². The summed E-state index contributed by atoms with van der Waals surface area (Å²) in [6.07, 6.45) is 2.07. The SMILES string of the molecule is CC(c1cccc(O)c1)C(O)(O)C1=CC(O)=CCC1=NP(=O)(O)O. The van der Waals surface area contributed by atoms with Gasteiger partial charge in [-0.1, -0.05) is 19.1 Å². The molecule has 8 nitrogen and oxygen atoms in total. The van der Waals surface area contributed by atoms with Gasteiger partial charge >= 0.3 is 7.75 Å². The molecule has 6 N–H and O–H groups in total. The molecule has 1 atom stereocenters. The first-order chi connectivity index (χ1) is 11.0. The number of aliphatic hydroxyl groups excluding tert-OH is 1. The first-order valence-corrected chi connectivity index (χ1v) is 8.57. The maximum atomic E-state index is 11.1. The van der Waals surface area contributed by atoms with Crippen LogP contribution in [0.5, 0.6) is 5.75 Å². The smallest absolute Gasteiger partial charge is 0.448 e. The zero-order valence-electron chi connectivity index (χ0n) is 12.7. The number of hydrogen-bond acceptors (Lipinski definition) is 5. The zero-order valence-corrected chi connectivity index (χ0v) is 13.6. The van der Waals surface area contributed by atoms with E-state index in [1.165, 1.54) is 31.2 Å². The van der Waals surface area contributed by atoms with Crippen LogP contribution in [-0.4, -0.2) is 41.7 Å². The van der Waals surface area contributed by atoms with E-state index in [-0.39, 0.29) is 29.2 Å². The van der Waals surface area contributed by atoms with Crippen LogP contribution in [-0.2, 0) is 4.57 Å². The van der Waals surface area contributed by atoms with E-state index in [4.69, 9.17) is 9.79 Å². The molecule has 0 aromatic heterocycles. The van der Waals surface area contributed by atoms with Crippen molar-refractivity contribution in [1.29, 1.82) is 0 Å². The summed E-state index contributed by atoms with van der Waals surface area (Å²) in [5.74, 6) is -3.90.